The van der Waals surface area contributed by atoms with Crippen LogP contribution in [0.5, 0.6) is 0 Å². The molecule has 7 nitrogen and oxygen atoms in total. The molecule has 0 unspecified atom stereocenters. The zero-order valence-corrected chi connectivity index (χ0v) is 20.1. The van der Waals surface area contributed by atoms with Gasteiger partial charge < -0.3 is 14.6 Å². The number of rotatable bonds is 10. The van der Waals surface area contributed by atoms with Gasteiger partial charge in [-0.1, -0.05) is 49.9 Å². The number of thioether (sulfide) groups is 1. The van der Waals surface area contributed by atoms with Crippen molar-refractivity contribution in [3.8, 4) is 11.4 Å². The van der Waals surface area contributed by atoms with Crippen molar-refractivity contribution in [3.63, 3.8) is 0 Å². The van der Waals surface area contributed by atoms with Gasteiger partial charge >= 0.3 is 5.97 Å². The first kappa shape index (κ1) is 25.2. The summed E-state index contributed by atoms with van der Waals surface area (Å²) in [5.74, 6) is -0.119. The number of esters is 1. The van der Waals surface area contributed by atoms with E-state index in [1.54, 1.807) is 55.5 Å². The molecule has 0 aliphatic rings. The van der Waals surface area contributed by atoms with E-state index in [1.807, 2.05) is 4.57 Å². The molecule has 34 heavy (non-hydrogen) atoms. The first-order chi connectivity index (χ1) is 16.4. The Morgan fingerprint density at radius 3 is 2.56 bits per heavy atom. The van der Waals surface area contributed by atoms with Crippen LogP contribution < -0.4 is 5.32 Å². The van der Waals surface area contributed by atoms with Gasteiger partial charge in [0.25, 0.3) is 0 Å². The number of ether oxygens (including phenoxy) is 1. The lowest BCUT2D eigenvalue weighted by atomic mass is 10.2. The Labute approximate surface area is 202 Å². The zero-order chi connectivity index (χ0) is 24.5. The minimum atomic E-state index is -0.402. The molecule has 178 valence electrons. The van der Waals surface area contributed by atoms with E-state index >= 15 is 0 Å². The minimum Gasteiger partial charge on any atom is -0.463 e. The van der Waals surface area contributed by atoms with Gasteiger partial charge in [-0.3, -0.25) is 4.79 Å². The summed E-state index contributed by atoms with van der Waals surface area (Å²) in [5.41, 5.74) is 1.82. The molecule has 0 bridgehead atoms. The summed E-state index contributed by atoms with van der Waals surface area (Å²) >= 11 is 1.25. The van der Waals surface area contributed by atoms with E-state index in [2.05, 4.69) is 29.4 Å². The van der Waals surface area contributed by atoms with Crippen LogP contribution in [0.3, 0.4) is 0 Å². The largest absolute Gasteiger partial charge is 0.463 e. The number of halogens is 1. The molecule has 3 aromatic rings. The second-order valence-corrected chi connectivity index (χ2v) is 8.78. The molecule has 0 spiro atoms. The van der Waals surface area contributed by atoms with Crippen molar-refractivity contribution in [2.24, 2.45) is 5.92 Å². The van der Waals surface area contributed by atoms with Gasteiger partial charge in [-0.05, 0) is 48.7 Å². The number of hydrogen-bond donors (Lipinski definition) is 1. The zero-order valence-electron chi connectivity index (χ0n) is 19.3. The molecule has 0 fully saturated rings. The van der Waals surface area contributed by atoms with Gasteiger partial charge in [0, 0.05) is 18.3 Å². The van der Waals surface area contributed by atoms with Gasteiger partial charge in [-0.25, -0.2) is 9.18 Å². The number of benzene rings is 2. The normalized spacial score (nSPS) is 11.2. The fourth-order valence-electron chi connectivity index (χ4n) is 3.13. The SMILES string of the molecule is CCOC(=O)/C=C/c1ccc(NC(=O)CSc2nnc(-c3ccccc3F)n2CC(C)C)cc1. The van der Waals surface area contributed by atoms with Crippen LogP contribution in [0.25, 0.3) is 17.5 Å². The Kier molecular flexibility index (Phi) is 8.98. The van der Waals surface area contributed by atoms with Gasteiger partial charge in [0.05, 0.1) is 17.9 Å². The van der Waals surface area contributed by atoms with Crippen molar-refractivity contribution in [1.29, 1.82) is 0 Å². The van der Waals surface area contributed by atoms with Crippen molar-refractivity contribution in [3.05, 3.63) is 66.0 Å². The van der Waals surface area contributed by atoms with E-state index in [0.717, 1.165) is 5.56 Å². The quantitative estimate of drug-likeness (QED) is 0.247. The first-order valence-electron chi connectivity index (χ1n) is 10.9. The Balaban J connectivity index is 1.63. The highest BCUT2D eigenvalue weighted by Gasteiger charge is 2.18. The summed E-state index contributed by atoms with van der Waals surface area (Å²) in [6.45, 7) is 6.78. The number of hydrogen-bond acceptors (Lipinski definition) is 6. The van der Waals surface area contributed by atoms with E-state index in [1.165, 1.54) is 23.9 Å². The van der Waals surface area contributed by atoms with Crippen molar-refractivity contribution >= 4 is 35.4 Å². The van der Waals surface area contributed by atoms with E-state index in [4.69, 9.17) is 4.74 Å². The Hall–Kier alpha value is -3.46. The van der Waals surface area contributed by atoms with E-state index in [-0.39, 0.29) is 23.4 Å². The van der Waals surface area contributed by atoms with Gasteiger partial charge in [-0.2, -0.15) is 0 Å². The average Bonchev–Trinajstić information content (AvgIpc) is 3.19. The summed E-state index contributed by atoms with van der Waals surface area (Å²) in [7, 11) is 0. The molecule has 1 aromatic heterocycles. The minimum absolute atomic E-state index is 0.123. The second-order valence-electron chi connectivity index (χ2n) is 7.83. The lowest BCUT2D eigenvalue weighted by Gasteiger charge is -2.13. The Bertz CT molecular complexity index is 1160. The molecule has 9 heteroatoms. The molecule has 0 atom stereocenters. The van der Waals surface area contributed by atoms with Crippen LogP contribution >= 0.6 is 11.8 Å². The fraction of sp³-hybridized carbons (Fsp3) is 0.280. The molecule has 0 aliphatic carbocycles. The number of amides is 1. The highest BCUT2D eigenvalue weighted by molar-refractivity contribution is 7.99. The third kappa shape index (κ3) is 7.02. The topological polar surface area (TPSA) is 86.1 Å². The predicted octanol–water partition coefficient (Wildman–Crippen LogP) is 5.05. The van der Waals surface area contributed by atoms with Crippen LogP contribution in [-0.4, -0.2) is 39.0 Å². The highest BCUT2D eigenvalue weighted by atomic mass is 32.2. The van der Waals surface area contributed by atoms with Gasteiger partial charge in [0.1, 0.15) is 5.82 Å². The standard InChI is InChI=1S/C25H27FN4O3S/c1-4-33-23(32)14-11-18-9-12-19(13-10-18)27-22(31)16-34-25-29-28-24(30(25)15-17(2)3)20-7-5-6-8-21(20)26/h5-14,17H,4,15-16H2,1-3H3,(H,27,31)/b14-11+. The lowest BCUT2D eigenvalue weighted by molar-refractivity contribution is -0.137. The van der Waals surface area contributed by atoms with Gasteiger partial charge in [0.15, 0.2) is 11.0 Å². The number of carbonyl (C=O) groups excluding carboxylic acids is 2. The molecule has 1 N–H and O–H groups in total. The maximum Gasteiger partial charge on any atom is 0.330 e. The third-order valence-corrected chi connectivity index (χ3v) is 5.57. The highest BCUT2D eigenvalue weighted by Crippen LogP contribution is 2.27. The number of anilines is 1. The predicted molar refractivity (Wildman–Crippen MR) is 132 cm³/mol. The first-order valence-corrected chi connectivity index (χ1v) is 11.9. The lowest BCUT2D eigenvalue weighted by Crippen LogP contribution is -2.15. The third-order valence-electron chi connectivity index (χ3n) is 4.60. The molecular formula is C25H27FN4O3S. The molecule has 0 saturated heterocycles. The van der Waals surface area contributed by atoms with Crippen molar-refractivity contribution in [2.45, 2.75) is 32.5 Å². The maximum absolute atomic E-state index is 14.3. The van der Waals surface area contributed by atoms with E-state index in [0.29, 0.717) is 35.4 Å². The molecule has 3 rings (SSSR count). The molecule has 1 amide bonds. The van der Waals surface area contributed by atoms with Crippen molar-refractivity contribution < 1.29 is 18.7 Å². The number of nitrogens with zero attached hydrogens (tertiary/aromatic N) is 3. The number of nitrogens with one attached hydrogen (secondary N) is 1. The summed E-state index contributed by atoms with van der Waals surface area (Å²) in [6, 6.07) is 13.5. The number of carbonyl (C=O) groups is 2. The van der Waals surface area contributed by atoms with Crippen molar-refractivity contribution in [2.75, 3.05) is 17.7 Å². The summed E-state index contributed by atoms with van der Waals surface area (Å²) in [6.07, 6.45) is 3.00. The summed E-state index contributed by atoms with van der Waals surface area (Å²) < 4.78 is 21.0. The second kappa shape index (κ2) is 12.1. The van der Waals surface area contributed by atoms with Gasteiger partial charge in [0.2, 0.25) is 5.91 Å². The summed E-state index contributed by atoms with van der Waals surface area (Å²) in [4.78, 5) is 23.9. The van der Waals surface area contributed by atoms with Gasteiger partial charge in [-0.15, -0.1) is 10.2 Å². The van der Waals surface area contributed by atoms with Crippen LogP contribution in [0, 0.1) is 11.7 Å². The number of aromatic nitrogens is 3. The molecule has 0 aliphatic heterocycles. The summed E-state index contributed by atoms with van der Waals surface area (Å²) in [5, 5.41) is 11.8. The fourth-order valence-corrected chi connectivity index (χ4v) is 3.87. The monoisotopic (exact) mass is 482 g/mol. The van der Waals surface area contributed by atoms with Crippen LogP contribution in [0.4, 0.5) is 10.1 Å². The Morgan fingerprint density at radius 2 is 1.88 bits per heavy atom. The molecule has 0 saturated carbocycles. The molecule has 1 heterocycles. The van der Waals surface area contributed by atoms with E-state index in [9.17, 15) is 14.0 Å². The van der Waals surface area contributed by atoms with Crippen LogP contribution in [0.1, 0.15) is 26.3 Å². The average molecular weight is 483 g/mol. The maximum atomic E-state index is 14.3. The van der Waals surface area contributed by atoms with E-state index < -0.39 is 5.97 Å². The Morgan fingerprint density at radius 1 is 1.15 bits per heavy atom. The molecule has 2 aromatic carbocycles. The van der Waals surface area contributed by atoms with Crippen LogP contribution in [0.2, 0.25) is 0 Å². The van der Waals surface area contributed by atoms with Crippen molar-refractivity contribution in [1.82, 2.24) is 14.8 Å². The smallest absolute Gasteiger partial charge is 0.330 e. The van der Waals surface area contributed by atoms with Crippen LogP contribution in [-0.2, 0) is 20.9 Å². The molecular weight excluding hydrogens is 455 g/mol. The van der Waals surface area contributed by atoms with Crippen LogP contribution in [0.15, 0.2) is 59.8 Å². The molecule has 0 radical (unpaired) electrons.